The SMILES string of the molecule is CC1CCCN(C(=O)c2cc(-c3ccccc3)n(C)n2)C1. The molecule has 1 aliphatic rings. The lowest BCUT2D eigenvalue weighted by Gasteiger charge is -2.30. The normalized spacial score (nSPS) is 18.8. The topological polar surface area (TPSA) is 38.1 Å². The van der Waals surface area contributed by atoms with Crippen LogP contribution in [-0.2, 0) is 7.05 Å². The van der Waals surface area contributed by atoms with E-state index < -0.39 is 0 Å². The van der Waals surface area contributed by atoms with Gasteiger partial charge in [0, 0.05) is 20.1 Å². The largest absolute Gasteiger partial charge is 0.337 e. The first-order chi connectivity index (χ1) is 10.1. The van der Waals surface area contributed by atoms with Gasteiger partial charge in [0.05, 0.1) is 5.69 Å². The van der Waals surface area contributed by atoms with E-state index in [2.05, 4.69) is 12.0 Å². The summed E-state index contributed by atoms with van der Waals surface area (Å²) in [4.78, 5) is 14.5. The summed E-state index contributed by atoms with van der Waals surface area (Å²) >= 11 is 0. The molecule has 4 heteroatoms. The molecule has 2 aromatic rings. The number of hydrogen-bond acceptors (Lipinski definition) is 2. The number of carbonyl (C=O) groups excluding carboxylic acids is 1. The maximum Gasteiger partial charge on any atom is 0.274 e. The van der Waals surface area contributed by atoms with E-state index in [-0.39, 0.29) is 5.91 Å². The predicted octanol–water partition coefficient (Wildman–Crippen LogP) is 2.96. The minimum Gasteiger partial charge on any atom is -0.337 e. The van der Waals surface area contributed by atoms with Crippen molar-refractivity contribution in [3.63, 3.8) is 0 Å². The Morgan fingerprint density at radius 1 is 1.29 bits per heavy atom. The monoisotopic (exact) mass is 283 g/mol. The first-order valence-corrected chi connectivity index (χ1v) is 7.54. The molecule has 0 radical (unpaired) electrons. The molecule has 21 heavy (non-hydrogen) atoms. The molecule has 0 saturated carbocycles. The minimum absolute atomic E-state index is 0.0549. The molecule has 0 bridgehead atoms. The second-order valence-corrected chi connectivity index (χ2v) is 5.90. The standard InChI is InChI=1S/C17H21N3O/c1-13-7-6-10-20(12-13)17(21)15-11-16(19(2)18-15)14-8-4-3-5-9-14/h3-5,8-9,11,13H,6-7,10,12H2,1-2H3. The Kier molecular flexibility index (Phi) is 3.78. The van der Waals surface area contributed by atoms with Crippen LogP contribution in [0.25, 0.3) is 11.3 Å². The zero-order chi connectivity index (χ0) is 14.8. The van der Waals surface area contributed by atoms with Crippen molar-refractivity contribution < 1.29 is 4.79 Å². The van der Waals surface area contributed by atoms with Crippen LogP contribution in [-0.4, -0.2) is 33.7 Å². The number of hydrogen-bond donors (Lipinski definition) is 0. The minimum atomic E-state index is 0.0549. The molecule has 1 saturated heterocycles. The molecular weight excluding hydrogens is 262 g/mol. The van der Waals surface area contributed by atoms with E-state index >= 15 is 0 Å². The zero-order valence-electron chi connectivity index (χ0n) is 12.6. The van der Waals surface area contributed by atoms with E-state index in [4.69, 9.17) is 0 Å². The van der Waals surface area contributed by atoms with Crippen molar-refractivity contribution in [3.05, 3.63) is 42.1 Å². The van der Waals surface area contributed by atoms with Gasteiger partial charge in [-0.2, -0.15) is 5.10 Å². The van der Waals surface area contributed by atoms with Crippen molar-refractivity contribution in [2.75, 3.05) is 13.1 Å². The summed E-state index contributed by atoms with van der Waals surface area (Å²) in [5, 5.41) is 4.41. The van der Waals surface area contributed by atoms with Gasteiger partial charge in [-0.05, 0) is 30.4 Å². The van der Waals surface area contributed by atoms with Gasteiger partial charge in [-0.1, -0.05) is 37.3 Å². The van der Waals surface area contributed by atoms with Crippen molar-refractivity contribution in [2.45, 2.75) is 19.8 Å². The fourth-order valence-corrected chi connectivity index (χ4v) is 2.99. The average Bonchev–Trinajstić information content (AvgIpc) is 2.89. The summed E-state index contributed by atoms with van der Waals surface area (Å²) < 4.78 is 1.79. The van der Waals surface area contributed by atoms with E-state index in [0.717, 1.165) is 30.8 Å². The van der Waals surface area contributed by atoms with Gasteiger partial charge in [-0.25, -0.2) is 0 Å². The molecule has 0 aliphatic carbocycles. The lowest BCUT2D eigenvalue weighted by molar-refractivity contribution is 0.0676. The highest BCUT2D eigenvalue weighted by Crippen LogP contribution is 2.22. The molecule has 3 rings (SSSR count). The summed E-state index contributed by atoms with van der Waals surface area (Å²) in [6.07, 6.45) is 2.30. The number of aromatic nitrogens is 2. The van der Waals surface area contributed by atoms with E-state index in [1.165, 1.54) is 6.42 Å². The molecule has 1 aromatic carbocycles. The van der Waals surface area contributed by atoms with Crippen molar-refractivity contribution in [1.82, 2.24) is 14.7 Å². The molecule has 1 atom stereocenters. The molecule has 4 nitrogen and oxygen atoms in total. The van der Waals surface area contributed by atoms with Crippen LogP contribution in [0.1, 0.15) is 30.3 Å². The van der Waals surface area contributed by atoms with Crippen LogP contribution in [0.15, 0.2) is 36.4 Å². The number of nitrogens with zero attached hydrogens (tertiary/aromatic N) is 3. The first kappa shape index (κ1) is 13.9. The molecule has 1 unspecified atom stereocenters. The molecule has 1 aromatic heterocycles. The summed E-state index contributed by atoms with van der Waals surface area (Å²) in [5.41, 5.74) is 2.60. The fourth-order valence-electron chi connectivity index (χ4n) is 2.99. The molecule has 1 fully saturated rings. The van der Waals surface area contributed by atoms with Gasteiger partial charge in [-0.3, -0.25) is 9.48 Å². The Hall–Kier alpha value is -2.10. The average molecular weight is 283 g/mol. The van der Waals surface area contributed by atoms with Crippen LogP contribution in [0, 0.1) is 5.92 Å². The van der Waals surface area contributed by atoms with E-state index in [0.29, 0.717) is 11.6 Å². The first-order valence-electron chi connectivity index (χ1n) is 7.54. The third-order valence-electron chi connectivity index (χ3n) is 4.11. The van der Waals surface area contributed by atoms with Gasteiger partial charge in [0.25, 0.3) is 5.91 Å². The van der Waals surface area contributed by atoms with Crippen LogP contribution in [0.4, 0.5) is 0 Å². The quantitative estimate of drug-likeness (QED) is 0.850. The lowest BCUT2D eigenvalue weighted by Crippen LogP contribution is -2.39. The van der Waals surface area contributed by atoms with Crippen LogP contribution >= 0.6 is 0 Å². The molecule has 110 valence electrons. The van der Waals surface area contributed by atoms with Crippen LogP contribution in [0.5, 0.6) is 0 Å². The highest BCUT2D eigenvalue weighted by atomic mass is 16.2. The van der Waals surface area contributed by atoms with E-state index in [1.54, 1.807) is 4.68 Å². The number of carbonyl (C=O) groups is 1. The molecule has 0 spiro atoms. The molecule has 0 N–H and O–H groups in total. The van der Waals surface area contributed by atoms with Crippen molar-refractivity contribution in [1.29, 1.82) is 0 Å². The van der Waals surface area contributed by atoms with Gasteiger partial charge in [0.15, 0.2) is 5.69 Å². The number of likely N-dealkylation sites (tertiary alicyclic amines) is 1. The maximum absolute atomic E-state index is 12.6. The van der Waals surface area contributed by atoms with Crippen molar-refractivity contribution in [3.8, 4) is 11.3 Å². The Morgan fingerprint density at radius 3 is 2.76 bits per heavy atom. The third kappa shape index (κ3) is 2.84. The Morgan fingerprint density at radius 2 is 2.05 bits per heavy atom. The highest BCUT2D eigenvalue weighted by molar-refractivity contribution is 5.93. The molecule has 1 aliphatic heterocycles. The van der Waals surface area contributed by atoms with Gasteiger partial charge in [0.2, 0.25) is 0 Å². The predicted molar refractivity (Wildman–Crippen MR) is 82.9 cm³/mol. The summed E-state index contributed by atoms with van der Waals surface area (Å²) in [6.45, 7) is 3.89. The molecular formula is C17H21N3O. The van der Waals surface area contributed by atoms with Gasteiger partial charge in [-0.15, -0.1) is 0 Å². The lowest BCUT2D eigenvalue weighted by atomic mass is 10.00. The van der Waals surface area contributed by atoms with Gasteiger partial charge in [0.1, 0.15) is 0 Å². The maximum atomic E-state index is 12.6. The zero-order valence-corrected chi connectivity index (χ0v) is 12.6. The summed E-state index contributed by atoms with van der Waals surface area (Å²) in [5.74, 6) is 0.638. The fraction of sp³-hybridized carbons (Fsp3) is 0.412. The number of amides is 1. The van der Waals surface area contributed by atoms with Gasteiger partial charge >= 0.3 is 0 Å². The molecule has 2 heterocycles. The number of benzene rings is 1. The second-order valence-electron chi connectivity index (χ2n) is 5.90. The van der Waals surface area contributed by atoms with Crippen LogP contribution in [0.3, 0.4) is 0 Å². The van der Waals surface area contributed by atoms with Crippen molar-refractivity contribution in [2.24, 2.45) is 13.0 Å². The third-order valence-corrected chi connectivity index (χ3v) is 4.11. The van der Waals surface area contributed by atoms with Crippen LogP contribution < -0.4 is 0 Å². The van der Waals surface area contributed by atoms with Gasteiger partial charge < -0.3 is 4.90 Å². The molecule has 1 amide bonds. The smallest absolute Gasteiger partial charge is 0.274 e. The van der Waals surface area contributed by atoms with Crippen molar-refractivity contribution >= 4 is 5.91 Å². The Bertz CT molecular complexity index is 633. The number of rotatable bonds is 2. The summed E-state index contributed by atoms with van der Waals surface area (Å²) in [6, 6.07) is 12.0. The second kappa shape index (κ2) is 5.72. The highest BCUT2D eigenvalue weighted by Gasteiger charge is 2.24. The van der Waals surface area contributed by atoms with Crippen LogP contribution in [0.2, 0.25) is 0 Å². The van der Waals surface area contributed by atoms with E-state index in [9.17, 15) is 4.79 Å². The Labute approximate surface area is 125 Å². The van der Waals surface area contributed by atoms with E-state index in [1.807, 2.05) is 48.3 Å². The summed E-state index contributed by atoms with van der Waals surface area (Å²) in [7, 11) is 1.89. The number of piperidine rings is 1. The Balaban J connectivity index is 1.85. The number of aryl methyl sites for hydroxylation is 1.